The van der Waals surface area contributed by atoms with Gasteiger partial charge in [0.15, 0.2) is 0 Å². The Balaban J connectivity index is 2.33. The number of imide groups is 1. The van der Waals surface area contributed by atoms with Gasteiger partial charge in [0.05, 0.1) is 18.2 Å². The second-order valence-electron chi connectivity index (χ2n) is 4.63. The highest BCUT2D eigenvalue weighted by Gasteiger charge is 2.42. The average molecular weight is 309 g/mol. The molecule has 0 saturated carbocycles. The Morgan fingerprint density at radius 1 is 1.24 bits per heavy atom. The number of esters is 1. The number of ether oxygens (including phenoxy) is 1. The van der Waals surface area contributed by atoms with Crippen LogP contribution in [-0.2, 0) is 20.3 Å². The molecule has 21 heavy (non-hydrogen) atoms. The molecule has 2 amide bonds. The van der Waals surface area contributed by atoms with Crippen LogP contribution in [0.5, 0.6) is 0 Å². The van der Waals surface area contributed by atoms with Crippen molar-refractivity contribution in [1.82, 2.24) is 4.90 Å². The molecular weight excluding hydrogens is 294 g/mol. The van der Waals surface area contributed by atoms with E-state index < -0.39 is 34.6 Å². The molecule has 0 fully saturated rings. The maximum atomic E-state index is 12.3. The first-order valence-corrected chi connectivity index (χ1v) is 8.05. The number of methoxy groups -OCH3 is 1. The average Bonchev–Trinajstić information content (AvgIpc) is 2.72. The summed E-state index contributed by atoms with van der Waals surface area (Å²) in [4.78, 5) is 37.5. The fraction of sp³-hybridized carbons (Fsp3) is 0.357. The molecule has 1 aliphatic rings. The molecule has 112 valence electrons. The van der Waals surface area contributed by atoms with Crippen LogP contribution in [0, 0.1) is 0 Å². The van der Waals surface area contributed by atoms with E-state index in [1.54, 1.807) is 24.3 Å². The van der Waals surface area contributed by atoms with E-state index in [-0.39, 0.29) is 23.3 Å². The van der Waals surface area contributed by atoms with Gasteiger partial charge in [-0.1, -0.05) is 12.1 Å². The molecule has 0 saturated heterocycles. The van der Waals surface area contributed by atoms with Gasteiger partial charge >= 0.3 is 5.97 Å². The van der Waals surface area contributed by atoms with E-state index in [4.69, 9.17) is 0 Å². The van der Waals surface area contributed by atoms with Crippen molar-refractivity contribution >= 4 is 28.6 Å². The normalized spacial score (nSPS) is 16.6. The molecule has 1 aliphatic heterocycles. The standard InChI is InChI=1S/C14H15NO5S/c1-20-14(18)11(7-8-21(2)19)15-12(16)9-5-3-4-6-10(9)13(15)17/h3-6,11H,7-8H2,1-2H3/t11-,21-/m1/s1. The van der Waals surface area contributed by atoms with E-state index in [0.717, 1.165) is 4.90 Å². The van der Waals surface area contributed by atoms with Crippen LogP contribution in [0.15, 0.2) is 24.3 Å². The summed E-state index contributed by atoms with van der Waals surface area (Å²) in [7, 11) is 0.0563. The third-order valence-electron chi connectivity index (χ3n) is 3.29. The second-order valence-corrected chi connectivity index (χ2v) is 6.19. The van der Waals surface area contributed by atoms with Gasteiger partial charge in [-0.05, 0) is 18.6 Å². The van der Waals surface area contributed by atoms with Gasteiger partial charge in [0.2, 0.25) is 0 Å². The first-order valence-electron chi connectivity index (χ1n) is 6.32. The van der Waals surface area contributed by atoms with Crippen molar-refractivity contribution in [2.24, 2.45) is 0 Å². The predicted octanol–water partition coefficient (Wildman–Crippen LogP) is 0.593. The Morgan fingerprint density at radius 2 is 1.76 bits per heavy atom. The van der Waals surface area contributed by atoms with Crippen LogP contribution in [0.25, 0.3) is 0 Å². The Labute approximate surface area is 124 Å². The fourth-order valence-corrected chi connectivity index (χ4v) is 2.81. The van der Waals surface area contributed by atoms with Gasteiger partial charge in [0, 0.05) is 22.8 Å². The molecule has 0 aromatic heterocycles. The predicted molar refractivity (Wildman–Crippen MR) is 76.3 cm³/mol. The highest BCUT2D eigenvalue weighted by molar-refractivity contribution is 7.84. The summed E-state index contributed by atoms with van der Waals surface area (Å²) in [6.07, 6.45) is 1.61. The number of carbonyl (C=O) groups is 3. The first kappa shape index (κ1) is 15.4. The van der Waals surface area contributed by atoms with Crippen molar-refractivity contribution < 1.29 is 23.3 Å². The number of benzene rings is 1. The second kappa shape index (κ2) is 6.17. The zero-order valence-corrected chi connectivity index (χ0v) is 12.5. The minimum atomic E-state index is -1.13. The van der Waals surface area contributed by atoms with E-state index in [9.17, 15) is 18.6 Å². The topological polar surface area (TPSA) is 80.8 Å². The Hall–Kier alpha value is -2.02. The van der Waals surface area contributed by atoms with E-state index in [0.29, 0.717) is 0 Å². The number of fused-ring (bicyclic) bond motifs is 1. The molecule has 0 unspecified atom stereocenters. The minimum Gasteiger partial charge on any atom is -0.467 e. The zero-order valence-electron chi connectivity index (χ0n) is 11.7. The van der Waals surface area contributed by atoms with E-state index in [1.807, 2.05) is 0 Å². The molecule has 0 bridgehead atoms. The molecular formula is C14H15NO5S. The minimum absolute atomic E-state index is 0.112. The van der Waals surface area contributed by atoms with Gasteiger partial charge in [0.1, 0.15) is 6.04 Å². The van der Waals surface area contributed by atoms with Crippen molar-refractivity contribution in [3.8, 4) is 0 Å². The lowest BCUT2D eigenvalue weighted by molar-refractivity contribution is -0.145. The molecule has 0 aliphatic carbocycles. The molecule has 0 N–H and O–H groups in total. The van der Waals surface area contributed by atoms with E-state index >= 15 is 0 Å². The molecule has 1 aromatic carbocycles. The lowest BCUT2D eigenvalue weighted by Crippen LogP contribution is -2.46. The van der Waals surface area contributed by atoms with Crippen molar-refractivity contribution in [3.63, 3.8) is 0 Å². The van der Waals surface area contributed by atoms with Crippen LogP contribution in [0.1, 0.15) is 27.1 Å². The SMILES string of the molecule is COC(=O)[C@@H](CC[S@@](C)=O)N1C(=O)c2ccccc2C1=O. The number of carbonyl (C=O) groups excluding carboxylic acids is 3. The lowest BCUT2D eigenvalue weighted by Gasteiger charge is -2.23. The summed E-state index contributed by atoms with van der Waals surface area (Å²) in [6, 6.07) is 5.35. The van der Waals surface area contributed by atoms with Crippen LogP contribution in [0.4, 0.5) is 0 Å². The number of hydrogen-bond donors (Lipinski definition) is 0. The zero-order chi connectivity index (χ0) is 15.6. The summed E-state index contributed by atoms with van der Waals surface area (Å²) in [5.41, 5.74) is 0.544. The number of nitrogens with zero attached hydrogens (tertiary/aromatic N) is 1. The molecule has 0 spiro atoms. The van der Waals surface area contributed by atoms with Crippen molar-refractivity contribution in [2.75, 3.05) is 19.1 Å². The van der Waals surface area contributed by atoms with Crippen molar-refractivity contribution in [2.45, 2.75) is 12.5 Å². The Bertz CT molecular complexity index is 593. The van der Waals surface area contributed by atoms with Crippen LogP contribution in [-0.4, -0.2) is 52.1 Å². The Morgan fingerprint density at radius 3 is 2.19 bits per heavy atom. The largest absolute Gasteiger partial charge is 0.467 e. The molecule has 7 heteroatoms. The van der Waals surface area contributed by atoms with Crippen LogP contribution >= 0.6 is 0 Å². The molecule has 1 aromatic rings. The quantitative estimate of drug-likeness (QED) is 0.587. The summed E-state index contributed by atoms with van der Waals surface area (Å²) < 4.78 is 15.9. The van der Waals surface area contributed by atoms with Gasteiger partial charge in [-0.15, -0.1) is 0 Å². The van der Waals surface area contributed by atoms with Crippen LogP contribution in [0.3, 0.4) is 0 Å². The molecule has 1 heterocycles. The lowest BCUT2D eigenvalue weighted by atomic mass is 10.1. The highest BCUT2D eigenvalue weighted by Crippen LogP contribution is 2.26. The molecule has 2 rings (SSSR count). The first-order chi connectivity index (χ1) is 9.97. The summed E-state index contributed by atoms with van der Waals surface area (Å²) >= 11 is 0. The van der Waals surface area contributed by atoms with Crippen molar-refractivity contribution in [1.29, 1.82) is 0 Å². The molecule has 0 radical (unpaired) electrons. The number of hydrogen-bond acceptors (Lipinski definition) is 5. The van der Waals surface area contributed by atoms with Gasteiger partial charge in [0.25, 0.3) is 11.8 Å². The third-order valence-corrected chi connectivity index (χ3v) is 4.10. The van der Waals surface area contributed by atoms with Gasteiger partial charge in [-0.2, -0.15) is 0 Å². The number of amides is 2. The maximum absolute atomic E-state index is 12.3. The van der Waals surface area contributed by atoms with Gasteiger partial charge < -0.3 is 4.74 Å². The molecule has 6 nitrogen and oxygen atoms in total. The Kier molecular flexibility index (Phi) is 4.52. The van der Waals surface area contributed by atoms with E-state index in [1.165, 1.54) is 13.4 Å². The summed E-state index contributed by atoms with van der Waals surface area (Å²) in [5.74, 6) is -1.52. The highest BCUT2D eigenvalue weighted by atomic mass is 32.2. The fourth-order valence-electron chi connectivity index (χ4n) is 2.26. The maximum Gasteiger partial charge on any atom is 0.329 e. The van der Waals surface area contributed by atoms with Crippen molar-refractivity contribution in [3.05, 3.63) is 35.4 Å². The molecule has 2 atom stereocenters. The number of rotatable bonds is 5. The monoisotopic (exact) mass is 309 g/mol. The smallest absolute Gasteiger partial charge is 0.329 e. The van der Waals surface area contributed by atoms with Gasteiger partial charge in [-0.3, -0.25) is 18.7 Å². The van der Waals surface area contributed by atoms with Gasteiger partial charge in [-0.25, -0.2) is 4.79 Å². The van der Waals surface area contributed by atoms with Crippen LogP contribution in [0.2, 0.25) is 0 Å². The van der Waals surface area contributed by atoms with Crippen LogP contribution < -0.4 is 0 Å². The summed E-state index contributed by atoms with van der Waals surface area (Å²) in [5, 5.41) is 0. The third kappa shape index (κ3) is 2.87. The summed E-state index contributed by atoms with van der Waals surface area (Å²) in [6.45, 7) is 0. The van der Waals surface area contributed by atoms with E-state index in [2.05, 4.69) is 4.74 Å².